The first-order valence-corrected chi connectivity index (χ1v) is 5.99. The number of nitro benzene ring substituents is 2. The number of carboxylic acid groups (broad SMARTS) is 1. The topological polar surface area (TPSA) is 166 Å². The molecule has 2 rings (SSSR count). The quantitative estimate of drug-likeness (QED) is 0.472. The number of aromatic carboxylic acids is 1. The molecule has 11 heteroatoms. The highest BCUT2D eigenvalue weighted by Crippen LogP contribution is 2.34. The van der Waals surface area contributed by atoms with Gasteiger partial charge in [0.15, 0.2) is 5.82 Å². The Balaban J connectivity index is 2.60. The molecule has 0 amide bonds. The van der Waals surface area contributed by atoms with Crippen molar-refractivity contribution in [3.63, 3.8) is 0 Å². The molecule has 0 atom stereocenters. The first kappa shape index (κ1) is 15.8. The van der Waals surface area contributed by atoms with Gasteiger partial charge in [-0.25, -0.2) is 15.6 Å². The number of hydrogen-bond acceptors (Lipinski definition) is 8. The lowest BCUT2D eigenvalue weighted by Crippen LogP contribution is -2.28. The number of aromatic nitrogens is 1. The van der Waals surface area contributed by atoms with E-state index < -0.39 is 27.2 Å². The summed E-state index contributed by atoms with van der Waals surface area (Å²) in [6, 6.07) is 5.40. The van der Waals surface area contributed by atoms with Gasteiger partial charge >= 0.3 is 11.7 Å². The smallest absolute Gasteiger partial charge is 0.339 e. The molecule has 0 saturated carbocycles. The number of carboxylic acids is 1. The molecule has 0 saturated heterocycles. The Hall–Kier alpha value is -3.60. The number of rotatable bonds is 5. The predicted molar refractivity (Wildman–Crippen MR) is 77.3 cm³/mol. The van der Waals surface area contributed by atoms with Gasteiger partial charge in [0, 0.05) is 12.3 Å². The molecule has 0 radical (unpaired) electrons. The maximum Gasteiger partial charge on any atom is 0.339 e. The third-order valence-corrected chi connectivity index (χ3v) is 2.87. The van der Waals surface area contributed by atoms with Gasteiger partial charge < -0.3 is 5.11 Å². The summed E-state index contributed by atoms with van der Waals surface area (Å²) in [6.07, 6.45) is 1.26. The summed E-state index contributed by atoms with van der Waals surface area (Å²) in [5.41, 5.74) is -1.65. The van der Waals surface area contributed by atoms with Crippen LogP contribution in [0.15, 0.2) is 36.5 Å². The van der Waals surface area contributed by atoms with Gasteiger partial charge in [-0.15, -0.1) is 0 Å². The minimum Gasteiger partial charge on any atom is -0.478 e. The molecule has 0 bridgehead atoms. The van der Waals surface area contributed by atoms with E-state index in [4.69, 9.17) is 10.9 Å². The monoisotopic (exact) mass is 319 g/mol. The van der Waals surface area contributed by atoms with Gasteiger partial charge in [0.05, 0.1) is 15.9 Å². The first-order chi connectivity index (χ1) is 10.8. The van der Waals surface area contributed by atoms with Gasteiger partial charge in [0.2, 0.25) is 0 Å². The maximum absolute atomic E-state index is 11.2. The molecule has 11 nitrogen and oxygen atoms in total. The number of pyridine rings is 1. The van der Waals surface area contributed by atoms with Crippen LogP contribution in [-0.2, 0) is 0 Å². The first-order valence-electron chi connectivity index (χ1n) is 5.99. The summed E-state index contributed by atoms with van der Waals surface area (Å²) >= 11 is 0. The summed E-state index contributed by atoms with van der Waals surface area (Å²) < 4.78 is 0. The highest BCUT2D eigenvalue weighted by atomic mass is 16.6. The van der Waals surface area contributed by atoms with Crippen LogP contribution in [0.2, 0.25) is 0 Å². The Morgan fingerprint density at radius 2 is 1.91 bits per heavy atom. The molecular weight excluding hydrogens is 310 g/mol. The van der Waals surface area contributed by atoms with E-state index in [2.05, 4.69) is 4.98 Å². The van der Waals surface area contributed by atoms with Gasteiger partial charge in [0.25, 0.3) is 5.69 Å². The van der Waals surface area contributed by atoms with Crippen molar-refractivity contribution in [3.8, 4) is 0 Å². The molecule has 1 heterocycles. The van der Waals surface area contributed by atoms with Crippen molar-refractivity contribution < 1.29 is 19.7 Å². The number of non-ortho nitro benzene ring substituents is 1. The largest absolute Gasteiger partial charge is 0.478 e. The highest BCUT2D eigenvalue weighted by molar-refractivity contribution is 5.94. The van der Waals surface area contributed by atoms with E-state index in [-0.39, 0.29) is 17.1 Å². The lowest BCUT2D eigenvalue weighted by atomic mass is 10.2. The molecule has 3 N–H and O–H groups in total. The average Bonchev–Trinajstić information content (AvgIpc) is 2.53. The molecule has 0 spiro atoms. The molecule has 0 aliphatic rings. The van der Waals surface area contributed by atoms with Crippen LogP contribution in [0.4, 0.5) is 22.9 Å². The number of benzene rings is 1. The van der Waals surface area contributed by atoms with Crippen LogP contribution >= 0.6 is 0 Å². The van der Waals surface area contributed by atoms with E-state index in [0.29, 0.717) is 5.01 Å². The highest BCUT2D eigenvalue weighted by Gasteiger charge is 2.25. The van der Waals surface area contributed by atoms with Crippen LogP contribution in [0.3, 0.4) is 0 Å². The second kappa shape index (κ2) is 6.03. The number of anilines is 2. The number of nitrogens with zero attached hydrogens (tertiary/aromatic N) is 4. The second-order valence-electron chi connectivity index (χ2n) is 4.24. The van der Waals surface area contributed by atoms with Crippen molar-refractivity contribution in [1.82, 2.24) is 4.98 Å². The van der Waals surface area contributed by atoms with E-state index >= 15 is 0 Å². The molecule has 118 valence electrons. The molecule has 0 aliphatic heterocycles. The number of hydrogen-bond donors (Lipinski definition) is 2. The maximum atomic E-state index is 11.2. The van der Waals surface area contributed by atoms with Crippen LogP contribution in [0.5, 0.6) is 0 Å². The molecular formula is C12H9N5O6. The van der Waals surface area contributed by atoms with E-state index in [1.54, 1.807) is 0 Å². The van der Waals surface area contributed by atoms with Gasteiger partial charge in [-0.3, -0.25) is 25.2 Å². The van der Waals surface area contributed by atoms with Gasteiger partial charge in [0.1, 0.15) is 11.3 Å². The van der Waals surface area contributed by atoms with Gasteiger partial charge in [-0.05, 0) is 18.2 Å². The van der Waals surface area contributed by atoms with Gasteiger partial charge in [-0.2, -0.15) is 0 Å². The molecule has 0 fully saturated rings. The normalized spacial score (nSPS) is 10.1. The fraction of sp³-hybridized carbons (Fsp3) is 0. The Morgan fingerprint density at radius 1 is 1.22 bits per heavy atom. The zero-order valence-corrected chi connectivity index (χ0v) is 11.3. The number of nitro groups is 2. The summed E-state index contributed by atoms with van der Waals surface area (Å²) in [6.45, 7) is 0. The van der Waals surface area contributed by atoms with Gasteiger partial charge in [-0.1, -0.05) is 0 Å². The standard InChI is InChI=1S/C12H9N5O6/c13-15(11-8(12(18)19)2-1-5-14-11)9-4-3-7(16(20)21)6-10(9)17(22)23/h1-6H,13H2,(H,18,19). The van der Waals surface area contributed by atoms with Crippen molar-refractivity contribution in [2.24, 2.45) is 5.84 Å². The molecule has 2 aromatic rings. The lowest BCUT2D eigenvalue weighted by Gasteiger charge is -2.18. The zero-order valence-electron chi connectivity index (χ0n) is 11.3. The SMILES string of the molecule is NN(c1ccc([N+](=O)[O-])cc1[N+](=O)[O-])c1ncccc1C(=O)O. The molecule has 0 unspecified atom stereocenters. The lowest BCUT2D eigenvalue weighted by molar-refractivity contribution is -0.393. The average molecular weight is 319 g/mol. The van der Waals surface area contributed by atoms with E-state index in [1.165, 1.54) is 18.3 Å². The zero-order chi connectivity index (χ0) is 17.1. The predicted octanol–water partition coefficient (Wildman–Crippen LogP) is 1.61. The number of hydrazine groups is 1. The fourth-order valence-electron chi connectivity index (χ4n) is 1.85. The van der Waals surface area contributed by atoms with Crippen molar-refractivity contribution in [2.75, 3.05) is 5.01 Å². The Bertz CT molecular complexity index is 808. The van der Waals surface area contributed by atoms with Crippen molar-refractivity contribution in [1.29, 1.82) is 0 Å². The molecule has 1 aromatic heterocycles. The number of nitrogens with two attached hydrogens (primary N) is 1. The van der Waals surface area contributed by atoms with Crippen molar-refractivity contribution >= 4 is 28.8 Å². The minimum atomic E-state index is -1.33. The summed E-state index contributed by atoms with van der Waals surface area (Å²) in [5.74, 6) is 4.19. The fourth-order valence-corrected chi connectivity index (χ4v) is 1.85. The molecule has 1 aromatic carbocycles. The Kier molecular flexibility index (Phi) is 4.14. The van der Waals surface area contributed by atoms with Crippen LogP contribution in [0.1, 0.15) is 10.4 Å². The molecule has 0 aliphatic carbocycles. The van der Waals surface area contributed by atoms with E-state index in [9.17, 15) is 25.0 Å². The van der Waals surface area contributed by atoms with Crippen LogP contribution in [0.25, 0.3) is 0 Å². The van der Waals surface area contributed by atoms with Crippen LogP contribution < -0.4 is 10.9 Å². The van der Waals surface area contributed by atoms with Crippen LogP contribution in [0, 0.1) is 20.2 Å². The van der Waals surface area contributed by atoms with E-state index in [0.717, 1.165) is 18.2 Å². The molecule has 23 heavy (non-hydrogen) atoms. The van der Waals surface area contributed by atoms with Crippen molar-refractivity contribution in [2.45, 2.75) is 0 Å². The Morgan fingerprint density at radius 3 is 2.48 bits per heavy atom. The minimum absolute atomic E-state index is 0.234. The third-order valence-electron chi connectivity index (χ3n) is 2.87. The van der Waals surface area contributed by atoms with Crippen LogP contribution in [-0.4, -0.2) is 25.9 Å². The van der Waals surface area contributed by atoms with Crippen molar-refractivity contribution in [3.05, 3.63) is 62.3 Å². The third kappa shape index (κ3) is 3.03. The van der Waals surface area contributed by atoms with E-state index in [1.807, 2.05) is 0 Å². The summed E-state index contributed by atoms with van der Waals surface area (Å²) in [5, 5.41) is 31.6. The summed E-state index contributed by atoms with van der Waals surface area (Å²) in [4.78, 5) is 35.2. The Labute approximate surface area is 127 Å². The summed E-state index contributed by atoms with van der Waals surface area (Å²) in [7, 11) is 0. The second-order valence-corrected chi connectivity index (χ2v) is 4.24. The number of carbonyl (C=O) groups is 1.